The van der Waals surface area contributed by atoms with E-state index in [-0.39, 0.29) is 48.5 Å². The number of methoxy groups -OCH3 is 1. The van der Waals surface area contributed by atoms with Crippen LogP contribution < -0.4 is 46.4 Å². The van der Waals surface area contributed by atoms with E-state index in [0.717, 1.165) is 37.2 Å². The minimum atomic E-state index is -2.94. The number of aryl methyl sites for hydroxylation is 2. The molecule has 2 atom stereocenters. The summed E-state index contributed by atoms with van der Waals surface area (Å²) in [6.07, 6.45) is 3.42. The molecule has 0 aliphatic carbocycles. The fourth-order valence-corrected chi connectivity index (χ4v) is 11.5. The van der Waals surface area contributed by atoms with Crippen molar-refractivity contribution in [1.29, 1.82) is 0 Å². The number of hydrogen-bond acceptors (Lipinski definition) is 13. The van der Waals surface area contributed by atoms with Crippen molar-refractivity contribution < 1.29 is 36.9 Å². The normalized spacial score (nSPS) is 18.7. The van der Waals surface area contributed by atoms with E-state index in [1.165, 1.54) is 18.2 Å². The number of piperidine rings is 2. The lowest BCUT2D eigenvalue weighted by Gasteiger charge is -2.35. The zero-order valence-corrected chi connectivity index (χ0v) is 42.1. The van der Waals surface area contributed by atoms with Gasteiger partial charge in [0.25, 0.3) is 0 Å². The van der Waals surface area contributed by atoms with Gasteiger partial charge in [0.1, 0.15) is 36.2 Å². The van der Waals surface area contributed by atoms with Gasteiger partial charge in [0.15, 0.2) is 0 Å². The van der Waals surface area contributed by atoms with Gasteiger partial charge in [0.2, 0.25) is 23.7 Å². The molecule has 0 unspecified atom stereocenters. The Morgan fingerprint density at radius 3 is 2.35 bits per heavy atom. The molecule has 0 spiro atoms. The second kappa shape index (κ2) is 19.9. The molecule has 3 aliphatic heterocycles. The summed E-state index contributed by atoms with van der Waals surface area (Å²) in [6.45, 7) is 14.1. The zero-order valence-electron chi connectivity index (χ0n) is 39.7. The summed E-state index contributed by atoms with van der Waals surface area (Å²) in [5, 5.41) is 16.4. The highest BCUT2D eigenvalue weighted by molar-refractivity contribution is 9.10. The van der Waals surface area contributed by atoms with Crippen LogP contribution in [0.15, 0.2) is 53.1 Å². The highest BCUT2D eigenvalue weighted by Gasteiger charge is 2.44. The Morgan fingerprint density at radius 2 is 1.67 bits per heavy atom. The molecule has 0 radical (unpaired) electrons. The molecule has 2 aromatic heterocycles. The number of rotatable bonds is 14. The predicted molar refractivity (Wildman–Crippen MR) is 267 cm³/mol. The Hall–Kier alpha value is -5.78. The number of nitrogens with zero attached hydrogens (tertiary/aromatic N) is 5. The molecule has 69 heavy (non-hydrogen) atoms. The van der Waals surface area contributed by atoms with Crippen molar-refractivity contribution in [3.05, 3.63) is 87.4 Å². The first kappa shape index (κ1) is 49.6. The Kier molecular flexibility index (Phi) is 14.3. The fourth-order valence-electron chi connectivity index (χ4n) is 9.76. The summed E-state index contributed by atoms with van der Waals surface area (Å²) in [5.74, 6) is -3.69. The Balaban J connectivity index is 0.839. The number of anilines is 6. The van der Waals surface area contributed by atoms with E-state index in [1.807, 2.05) is 32.9 Å². The molecular weight excluding hydrogens is 976 g/mol. The van der Waals surface area contributed by atoms with Crippen molar-refractivity contribution in [2.24, 2.45) is 11.3 Å². The van der Waals surface area contributed by atoms with Gasteiger partial charge in [-0.2, -0.15) is 4.98 Å². The topological polar surface area (TPSA) is 183 Å². The van der Waals surface area contributed by atoms with Gasteiger partial charge < -0.3 is 40.4 Å². The molecule has 5 heterocycles. The first-order valence-corrected chi connectivity index (χ1v) is 26.3. The van der Waals surface area contributed by atoms with Gasteiger partial charge >= 0.3 is 0 Å². The van der Waals surface area contributed by atoms with Crippen molar-refractivity contribution >= 4 is 91.5 Å². The Labute approximate surface area is 407 Å². The Morgan fingerprint density at radius 1 is 0.942 bits per heavy atom. The van der Waals surface area contributed by atoms with Crippen molar-refractivity contribution in [1.82, 2.24) is 30.9 Å². The van der Waals surface area contributed by atoms with Crippen LogP contribution in [-0.4, -0.2) is 98.4 Å². The number of ether oxygens (including phenoxy) is 1. The first-order valence-electron chi connectivity index (χ1n) is 22.9. The minimum Gasteiger partial charge on any atom is -0.494 e. The van der Waals surface area contributed by atoms with Gasteiger partial charge in [0, 0.05) is 91.6 Å². The van der Waals surface area contributed by atoms with E-state index in [9.17, 15) is 23.3 Å². The number of imide groups is 1. The monoisotopic (exact) mass is 1030 g/mol. The SMILES string of the molecule is COc1cc(N2CCC(NCCNC(=O)[C@H]3CN(c4cc(F)c([C@H]5CCC(=O)NC5=O)c(F)c4)CC3(C)C)CC2)c(C)cc1Nc1ncc(Br)c(Nc2ccc3nc(C)c(F)cc3c2P(C)(C)=O)n1. The van der Waals surface area contributed by atoms with Crippen molar-refractivity contribution in [2.45, 2.75) is 65.3 Å². The highest BCUT2D eigenvalue weighted by Crippen LogP contribution is 2.43. The van der Waals surface area contributed by atoms with Crippen LogP contribution in [0.3, 0.4) is 0 Å². The molecule has 0 bridgehead atoms. The number of benzene rings is 3. The summed E-state index contributed by atoms with van der Waals surface area (Å²) in [4.78, 5) is 55.2. The largest absolute Gasteiger partial charge is 0.494 e. The summed E-state index contributed by atoms with van der Waals surface area (Å²) in [5.41, 5.74) is 3.53. The number of hydrogen-bond donors (Lipinski definition) is 5. The van der Waals surface area contributed by atoms with Crippen LogP contribution in [-0.2, 0) is 18.9 Å². The molecule has 3 amide bonds. The van der Waals surface area contributed by atoms with Crippen LogP contribution in [0, 0.1) is 42.6 Å². The van der Waals surface area contributed by atoms with Gasteiger partial charge in [0.05, 0.1) is 46.0 Å². The summed E-state index contributed by atoms with van der Waals surface area (Å²) in [6, 6.07) is 11.6. The maximum atomic E-state index is 15.4. The van der Waals surface area contributed by atoms with Crippen LogP contribution in [0.25, 0.3) is 10.9 Å². The van der Waals surface area contributed by atoms with E-state index in [2.05, 4.69) is 57.4 Å². The molecule has 8 rings (SSSR count). The average Bonchev–Trinajstić information content (AvgIpc) is 3.62. The molecule has 3 saturated heterocycles. The van der Waals surface area contributed by atoms with Crippen molar-refractivity contribution in [3.8, 4) is 5.75 Å². The second-order valence-corrected chi connectivity index (χ2v) is 23.2. The zero-order chi connectivity index (χ0) is 49.5. The number of pyridine rings is 1. The van der Waals surface area contributed by atoms with Gasteiger partial charge in [-0.25, -0.2) is 18.2 Å². The van der Waals surface area contributed by atoms with E-state index >= 15 is 8.78 Å². The quantitative estimate of drug-likeness (QED) is 0.0411. The molecule has 5 N–H and O–H groups in total. The summed E-state index contributed by atoms with van der Waals surface area (Å²) in [7, 11) is -1.33. The van der Waals surface area contributed by atoms with Gasteiger partial charge in [-0.1, -0.05) is 13.8 Å². The third kappa shape index (κ3) is 10.7. The maximum Gasteiger partial charge on any atom is 0.234 e. The van der Waals surface area contributed by atoms with Crippen LogP contribution >= 0.6 is 23.1 Å². The third-order valence-corrected chi connectivity index (χ3v) is 15.5. The molecule has 5 aromatic rings. The van der Waals surface area contributed by atoms with E-state index in [1.54, 1.807) is 50.6 Å². The van der Waals surface area contributed by atoms with E-state index in [4.69, 9.17) is 9.72 Å². The lowest BCUT2D eigenvalue weighted by Crippen LogP contribution is -2.46. The second-order valence-electron chi connectivity index (χ2n) is 19.2. The van der Waals surface area contributed by atoms with Gasteiger partial charge in [-0.15, -0.1) is 0 Å². The van der Waals surface area contributed by atoms with Crippen molar-refractivity contribution in [2.75, 3.05) is 80.1 Å². The average molecular weight is 1030 g/mol. The minimum absolute atomic E-state index is 0.00932. The van der Waals surface area contributed by atoms with Gasteiger partial charge in [-0.3, -0.25) is 24.7 Å². The lowest BCUT2D eigenvalue weighted by molar-refractivity contribution is -0.134. The van der Waals surface area contributed by atoms with Crippen LogP contribution in [0.1, 0.15) is 62.3 Å². The van der Waals surface area contributed by atoms with Crippen molar-refractivity contribution in [3.63, 3.8) is 0 Å². The molecule has 3 aromatic carbocycles. The van der Waals surface area contributed by atoms with Crippen LogP contribution in [0.5, 0.6) is 5.75 Å². The molecule has 366 valence electrons. The number of amides is 3. The number of nitrogens with one attached hydrogen (secondary N) is 5. The van der Waals surface area contributed by atoms with E-state index < -0.39 is 53.7 Å². The smallest absolute Gasteiger partial charge is 0.234 e. The predicted octanol–water partition coefficient (Wildman–Crippen LogP) is 7.92. The highest BCUT2D eigenvalue weighted by atomic mass is 79.9. The standard InChI is InChI=1S/C49H57BrF3N10O5P/c1-26-18-39(59-48-56-23-33(50)45(61-48)58-38-10-9-37-31(44(38)69(6,7)67)21-34(51)27(2)57-37)41(68-5)22-40(26)62-16-12-28(13-17-62)54-14-15-55-47(66)32-24-63(25-49(32,3)4)29-19-35(52)43(36(53)20-29)30-8-11-42(64)60-46(30)65/h9-10,18-23,28,30,32,54H,8,11-17,24-25H2,1-7H3,(H,55,66)(H,60,64,65)(H2,56,58,59,61)/t30-,32-/m1/s1. The molecular formula is C49H57BrF3N10O5P. The maximum absolute atomic E-state index is 15.4. The number of fused-ring (bicyclic) bond motifs is 1. The Bertz CT molecular complexity index is 2870. The molecule has 15 nitrogen and oxygen atoms in total. The molecule has 20 heteroatoms. The van der Waals surface area contributed by atoms with Crippen LogP contribution in [0.4, 0.5) is 47.7 Å². The van der Waals surface area contributed by atoms with Crippen LogP contribution in [0.2, 0.25) is 0 Å². The summed E-state index contributed by atoms with van der Waals surface area (Å²) >= 11 is 3.54. The fraction of sp³-hybridized carbons (Fsp3) is 0.429. The molecule has 3 aliphatic rings. The summed E-state index contributed by atoms with van der Waals surface area (Å²) < 4.78 is 65.4. The number of carbonyl (C=O) groups excluding carboxylic acids is 3. The third-order valence-electron chi connectivity index (χ3n) is 13.4. The number of halogens is 4. The molecule has 3 fully saturated rings. The number of carbonyl (C=O) groups is 3. The molecule has 0 saturated carbocycles. The lowest BCUT2D eigenvalue weighted by atomic mass is 9.81. The first-order chi connectivity index (χ1) is 32.7. The van der Waals surface area contributed by atoms with E-state index in [0.29, 0.717) is 68.9 Å². The van der Waals surface area contributed by atoms with Gasteiger partial charge in [-0.05, 0) is 110 Å². The number of aromatic nitrogens is 3.